The SMILES string of the molecule is O=C(CCCNC(=O)OCc1ccccc1)Nc1ccc(C(=O)N2CC(=O)Nc3ccccc32)cc1. The average Bonchev–Trinajstić information content (AvgIpc) is 2.90. The van der Waals surface area contributed by atoms with Gasteiger partial charge >= 0.3 is 6.09 Å². The van der Waals surface area contributed by atoms with Crippen LogP contribution in [0.15, 0.2) is 78.9 Å². The third kappa shape index (κ3) is 6.47. The van der Waals surface area contributed by atoms with E-state index in [4.69, 9.17) is 4.74 Å². The molecule has 1 aliphatic heterocycles. The quantitative estimate of drug-likeness (QED) is 0.417. The van der Waals surface area contributed by atoms with Gasteiger partial charge in [-0.1, -0.05) is 42.5 Å². The molecule has 3 aromatic carbocycles. The molecule has 9 heteroatoms. The second-order valence-electron chi connectivity index (χ2n) is 8.17. The summed E-state index contributed by atoms with van der Waals surface area (Å²) in [5.41, 5.74) is 3.06. The number of anilines is 3. The van der Waals surface area contributed by atoms with E-state index >= 15 is 0 Å². The Hall–Kier alpha value is -4.66. The van der Waals surface area contributed by atoms with Gasteiger partial charge in [0.1, 0.15) is 13.2 Å². The first-order valence-electron chi connectivity index (χ1n) is 11.5. The van der Waals surface area contributed by atoms with Crippen LogP contribution in [-0.4, -0.2) is 36.9 Å². The van der Waals surface area contributed by atoms with E-state index in [1.807, 2.05) is 30.3 Å². The number of ether oxygens (including phenoxy) is 1. The van der Waals surface area contributed by atoms with E-state index in [2.05, 4.69) is 16.0 Å². The minimum Gasteiger partial charge on any atom is -0.445 e. The molecule has 0 fully saturated rings. The van der Waals surface area contributed by atoms with Gasteiger partial charge in [0, 0.05) is 24.2 Å². The van der Waals surface area contributed by atoms with Gasteiger partial charge in [0.25, 0.3) is 5.91 Å². The van der Waals surface area contributed by atoms with Crippen LogP contribution in [0.5, 0.6) is 0 Å². The minimum absolute atomic E-state index is 0.0673. The van der Waals surface area contributed by atoms with Crippen LogP contribution >= 0.6 is 0 Å². The lowest BCUT2D eigenvalue weighted by Gasteiger charge is -2.29. The predicted molar refractivity (Wildman–Crippen MR) is 136 cm³/mol. The molecule has 3 N–H and O–H groups in total. The van der Waals surface area contributed by atoms with Crippen LogP contribution in [0.25, 0.3) is 0 Å². The normalized spacial score (nSPS) is 12.2. The van der Waals surface area contributed by atoms with Gasteiger partial charge in [-0.05, 0) is 48.4 Å². The third-order valence-electron chi connectivity index (χ3n) is 5.49. The van der Waals surface area contributed by atoms with Gasteiger partial charge in [0.05, 0.1) is 11.4 Å². The Morgan fingerprint density at radius 1 is 0.917 bits per heavy atom. The number of hydrogen-bond acceptors (Lipinski definition) is 5. The molecule has 0 aliphatic carbocycles. The number of amides is 4. The van der Waals surface area contributed by atoms with Crippen LogP contribution in [0.2, 0.25) is 0 Å². The van der Waals surface area contributed by atoms with Crippen molar-refractivity contribution >= 4 is 40.9 Å². The lowest BCUT2D eigenvalue weighted by atomic mass is 10.1. The molecule has 0 unspecified atom stereocenters. The number of para-hydroxylation sites is 2. The summed E-state index contributed by atoms with van der Waals surface area (Å²) in [7, 11) is 0. The standard InChI is InChI=1S/C27H26N4O5/c32-24(11-6-16-28-27(35)36-18-19-7-2-1-3-8-19)29-21-14-12-20(13-15-21)26(34)31-17-25(33)30-22-9-4-5-10-23(22)31/h1-5,7-10,12-15H,6,11,16-18H2,(H,28,35)(H,29,32)(H,30,33). The van der Waals surface area contributed by atoms with E-state index in [-0.39, 0.29) is 37.3 Å². The molecule has 4 amide bonds. The Kier molecular flexibility index (Phi) is 7.92. The molecule has 0 atom stereocenters. The number of carbonyl (C=O) groups excluding carboxylic acids is 4. The van der Waals surface area contributed by atoms with Crippen LogP contribution in [0.3, 0.4) is 0 Å². The van der Waals surface area contributed by atoms with Crippen molar-refractivity contribution in [2.45, 2.75) is 19.4 Å². The van der Waals surface area contributed by atoms with Gasteiger partial charge in [-0.15, -0.1) is 0 Å². The van der Waals surface area contributed by atoms with E-state index in [1.165, 1.54) is 4.90 Å². The highest BCUT2D eigenvalue weighted by atomic mass is 16.5. The molecular formula is C27H26N4O5. The van der Waals surface area contributed by atoms with Crippen molar-refractivity contribution in [3.8, 4) is 0 Å². The second kappa shape index (κ2) is 11.7. The zero-order chi connectivity index (χ0) is 25.3. The number of benzene rings is 3. The average molecular weight is 487 g/mol. The maximum Gasteiger partial charge on any atom is 0.407 e. The Morgan fingerprint density at radius 3 is 2.42 bits per heavy atom. The van der Waals surface area contributed by atoms with Crippen LogP contribution in [0, 0.1) is 0 Å². The lowest BCUT2D eigenvalue weighted by Crippen LogP contribution is -2.42. The van der Waals surface area contributed by atoms with Crippen LogP contribution in [-0.2, 0) is 20.9 Å². The second-order valence-corrected chi connectivity index (χ2v) is 8.17. The number of carbonyl (C=O) groups is 4. The highest BCUT2D eigenvalue weighted by Gasteiger charge is 2.27. The van der Waals surface area contributed by atoms with Crippen molar-refractivity contribution < 1.29 is 23.9 Å². The first-order valence-corrected chi connectivity index (χ1v) is 11.5. The summed E-state index contributed by atoms with van der Waals surface area (Å²) in [5.74, 6) is -0.777. The molecule has 0 spiro atoms. The molecule has 36 heavy (non-hydrogen) atoms. The number of alkyl carbamates (subject to hydrolysis) is 1. The topological polar surface area (TPSA) is 117 Å². The number of rotatable bonds is 8. The summed E-state index contributed by atoms with van der Waals surface area (Å²) in [6.07, 6.45) is 0.117. The van der Waals surface area contributed by atoms with Crippen molar-refractivity contribution in [2.75, 3.05) is 28.6 Å². The molecule has 0 saturated carbocycles. The maximum atomic E-state index is 13.0. The maximum absolute atomic E-state index is 13.0. The van der Waals surface area contributed by atoms with Gasteiger partial charge < -0.3 is 20.7 Å². The van der Waals surface area contributed by atoms with Crippen molar-refractivity contribution in [3.63, 3.8) is 0 Å². The molecule has 0 aromatic heterocycles. The summed E-state index contributed by atoms with van der Waals surface area (Å²) in [6.45, 7) is 0.421. The first kappa shape index (κ1) is 24.5. The van der Waals surface area contributed by atoms with Crippen molar-refractivity contribution in [1.29, 1.82) is 0 Å². The Bertz CT molecular complexity index is 1240. The van der Waals surface area contributed by atoms with E-state index in [1.54, 1.807) is 48.5 Å². The zero-order valence-electron chi connectivity index (χ0n) is 19.5. The van der Waals surface area contributed by atoms with E-state index in [0.29, 0.717) is 35.6 Å². The molecule has 0 saturated heterocycles. The first-order chi connectivity index (χ1) is 17.5. The Morgan fingerprint density at radius 2 is 1.64 bits per heavy atom. The molecule has 3 aromatic rings. The van der Waals surface area contributed by atoms with Gasteiger partial charge in [0.2, 0.25) is 11.8 Å². The van der Waals surface area contributed by atoms with Crippen LogP contribution in [0.1, 0.15) is 28.8 Å². The molecule has 0 bridgehead atoms. The zero-order valence-corrected chi connectivity index (χ0v) is 19.5. The predicted octanol–water partition coefficient (Wildman–Crippen LogP) is 3.93. The number of nitrogens with zero attached hydrogens (tertiary/aromatic N) is 1. The fourth-order valence-electron chi connectivity index (χ4n) is 3.70. The van der Waals surface area contributed by atoms with Crippen molar-refractivity contribution in [1.82, 2.24) is 5.32 Å². The number of fused-ring (bicyclic) bond motifs is 1. The summed E-state index contributed by atoms with van der Waals surface area (Å²) < 4.78 is 5.13. The molecule has 9 nitrogen and oxygen atoms in total. The third-order valence-corrected chi connectivity index (χ3v) is 5.49. The monoisotopic (exact) mass is 486 g/mol. The van der Waals surface area contributed by atoms with E-state index in [9.17, 15) is 19.2 Å². The molecule has 1 heterocycles. The highest BCUT2D eigenvalue weighted by molar-refractivity contribution is 6.15. The Balaban J connectivity index is 1.21. The molecule has 0 radical (unpaired) electrons. The van der Waals surface area contributed by atoms with E-state index in [0.717, 1.165) is 5.56 Å². The van der Waals surface area contributed by atoms with E-state index < -0.39 is 6.09 Å². The Labute approximate surface area is 208 Å². The molecule has 1 aliphatic rings. The van der Waals surface area contributed by atoms with Gasteiger partial charge in [-0.25, -0.2) is 4.79 Å². The molecule has 4 rings (SSSR count). The lowest BCUT2D eigenvalue weighted by molar-refractivity contribution is -0.116. The smallest absolute Gasteiger partial charge is 0.407 e. The fourth-order valence-corrected chi connectivity index (χ4v) is 3.70. The highest BCUT2D eigenvalue weighted by Crippen LogP contribution is 2.30. The molecular weight excluding hydrogens is 460 g/mol. The van der Waals surface area contributed by atoms with Crippen molar-refractivity contribution in [2.24, 2.45) is 0 Å². The van der Waals surface area contributed by atoms with Crippen molar-refractivity contribution in [3.05, 3.63) is 90.0 Å². The van der Waals surface area contributed by atoms with Gasteiger partial charge in [-0.3, -0.25) is 19.3 Å². The number of nitrogens with one attached hydrogen (secondary N) is 3. The largest absolute Gasteiger partial charge is 0.445 e. The van der Waals surface area contributed by atoms with Crippen LogP contribution in [0.4, 0.5) is 21.9 Å². The fraction of sp³-hybridized carbons (Fsp3) is 0.185. The summed E-state index contributed by atoms with van der Waals surface area (Å²) >= 11 is 0. The van der Waals surface area contributed by atoms with Crippen LogP contribution < -0.4 is 20.9 Å². The minimum atomic E-state index is -0.534. The molecule has 184 valence electrons. The summed E-state index contributed by atoms with van der Waals surface area (Å²) in [4.78, 5) is 50.4. The summed E-state index contributed by atoms with van der Waals surface area (Å²) in [5, 5.41) is 8.15. The van der Waals surface area contributed by atoms with Gasteiger partial charge in [0.15, 0.2) is 0 Å². The van der Waals surface area contributed by atoms with Gasteiger partial charge in [-0.2, -0.15) is 0 Å². The summed E-state index contributed by atoms with van der Waals surface area (Å²) in [6, 6.07) is 23.0. The number of hydrogen-bond donors (Lipinski definition) is 3.